The average Bonchev–Trinajstić information content (AvgIpc) is 2.69. The van der Waals surface area contributed by atoms with E-state index in [1.54, 1.807) is 24.3 Å². The smallest absolute Gasteiger partial charge is 0.164 e. The van der Waals surface area contributed by atoms with Crippen LogP contribution < -0.4 is 0 Å². The summed E-state index contributed by atoms with van der Waals surface area (Å²) >= 11 is 0. The van der Waals surface area contributed by atoms with Crippen LogP contribution in [0.3, 0.4) is 0 Å². The maximum atomic E-state index is 9.52. The van der Waals surface area contributed by atoms with Crippen LogP contribution in [0.5, 0.6) is 5.75 Å². The van der Waals surface area contributed by atoms with E-state index in [4.69, 9.17) is 0 Å². The van der Waals surface area contributed by atoms with Crippen molar-refractivity contribution in [1.29, 1.82) is 0 Å². The quantitative estimate of drug-likeness (QED) is 0.599. The number of aromatic nitrogens is 3. The van der Waals surface area contributed by atoms with Crippen molar-refractivity contribution >= 4 is 0 Å². The summed E-state index contributed by atoms with van der Waals surface area (Å²) in [6.45, 7) is 0. The van der Waals surface area contributed by atoms with Gasteiger partial charge in [0.05, 0.1) is 0 Å². The number of rotatable bonds is 3. The maximum Gasteiger partial charge on any atom is 0.164 e. The molecule has 0 spiro atoms. The molecule has 1 heterocycles. The standard InChI is InChI=1S/C21H15N3O/c25-18-13-11-17(12-14-18)21-23-19(15-7-3-1-4-8-15)22-20(24-21)16-9-5-2-6-10-16/h1-14,25H. The van der Waals surface area contributed by atoms with Gasteiger partial charge in [0.15, 0.2) is 17.5 Å². The summed E-state index contributed by atoms with van der Waals surface area (Å²) in [5.74, 6) is 2.03. The summed E-state index contributed by atoms with van der Waals surface area (Å²) in [7, 11) is 0. The first-order valence-corrected chi connectivity index (χ1v) is 7.96. The fourth-order valence-corrected chi connectivity index (χ4v) is 2.55. The number of phenols is 1. The van der Waals surface area contributed by atoms with Gasteiger partial charge >= 0.3 is 0 Å². The molecule has 3 aromatic carbocycles. The van der Waals surface area contributed by atoms with Crippen molar-refractivity contribution in [3.8, 4) is 39.9 Å². The van der Waals surface area contributed by atoms with Gasteiger partial charge in [-0.3, -0.25) is 0 Å². The van der Waals surface area contributed by atoms with E-state index in [2.05, 4.69) is 15.0 Å². The average molecular weight is 325 g/mol. The molecule has 1 aromatic heterocycles. The summed E-state index contributed by atoms with van der Waals surface area (Å²) in [6, 6.07) is 26.5. The molecule has 0 aliphatic carbocycles. The second-order valence-electron chi connectivity index (χ2n) is 5.59. The summed E-state index contributed by atoms with van der Waals surface area (Å²) in [5.41, 5.74) is 2.69. The van der Waals surface area contributed by atoms with Crippen LogP contribution in [0, 0.1) is 0 Å². The number of benzene rings is 3. The maximum absolute atomic E-state index is 9.52. The molecule has 0 fully saturated rings. The first-order chi connectivity index (χ1) is 12.3. The Morgan fingerprint density at radius 2 is 0.800 bits per heavy atom. The molecule has 0 saturated heterocycles. The zero-order chi connectivity index (χ0) is 17.1. The van der Waals surface area contributed by atoms with E-state index in [-0.39, 0.29) is 5.75 Å². The van der Waals surface area contributed by atoms with Gasteiger partial charge in [-0.25, -0.2) is 15.0 Å². The van der Waals surface area contributed by atoms with Crippen molar-refractivity contribution in [3.05, 3.63) is 84.9 Å². The molecule has 120 valence electrons. The van der Waals surface area contributed by atoms with Gasteiger partial charge in [0.1, 0.15) is 5.75 Å². The highest BCUT2D eigenvalue weighted by Crippen LogP contribution is 2.25. The highest BCUT2D eigenvalue weighted by molar-refractivity contribution is 5.66. The van der Waals surface area contributed by atoms with Crippen LogP contribution in [0.4, 0.5) is 0 Å². The Morgan fingerprint density at radius 1 is 0.440 bits per heavy atom. The van der Waals surface area contributed by atoms with Crippen LogP contribution in [0.2, 0.25) is 0 Å². The second kappa shape index (κ2) is 6.53. The van der Waals surface area contributed by atoms with Gasteiger partial charge in [-0.2, -0.15) is 0 Å². The van der Waals surface area contributed by atoms with E-state index in [0.717, 1.165) is 16.7 Å². The highest BCUT2D eigenvalue weighted by atomic mass is 16.3. The van der Waals surface area contributed by atoms with Crippen LogP contribution in [-0.4, -0.2) is 20.1 Å². The summed E-state index contributed by atoms with van der Waals surface area (Å²) in [6.07, 6.45) is 0. The van der Waals surface area contributed by atoms with Crippen molar-refractivity contribution in [2.45, 2.75) is 0 Å². The van der Waals surface area contributed by atoms with Gasteiger partial charge in [-0.15, -0.1) is 0 Å². The van der Waals surface area contributed by atoms with E-state index >= 15 is 0 Å². The van der Waals surface area contributed by atoms with Gasteiger partial charge < -0.3 is 5.11 Å². The molecule has 4 heteroatoms. The molecule has 0 amide bonds. The second-order valence-corrected chi connectivity index (χ2v) is 5.59. The van der Waals surface area contributed by atoms with Crippen molar-refractivity contribution in [2.75, 3.05) is 0 Å². The minimum atomic E-state index is 0.212. The third-order valence-corrected chi connectivity index (χ3v) is 3.82. The number of phenolic OH excluding ortho intramolecular Hbond substituents is 1. The molecule has 0 atom stereocenters. The van der Waals surface area contributed by atoms with Gasteiger partial charge in [0.2, 0.25) is 0 Å². The van der Waals surface area contributed by atoms with Crippen LogP contribution in [0.15, 0.2) is 84.9 Å². The van der Waals surface area contributed by atoms with E-state index in [0.29, 0.717) is 17.5 Å². The number of hydrogen-bond donors (Lipinski definition) is 1. The molecule has 0 aliphatic heterocycles. The van der Waals surface area contributed by atoms with E-state index in [9.17, 15) is 5.11 Å². The number of hydrogen-bond acceptors (Lipinski definition) is 4. The normalized spacial score (nSPS) is 10.6. The molecule has 0 unspecified atom stereocenters. The van der Waals surface area contributed by atoms with Crippen molar-refractivity contribution in [2.24, 2.45) is 0 Å². The predicted molar refractivity (Wildman–Crippen MR) is 97.8 cm³/mol. The zero-order valence-corrected chi connectivity index (χ0v) is 13.4. The fraction of sp³-hybridized carbons (Fsp3) is 0. The van der Waals surface area contributed by atoms with Crippen LogP contribution >= 0.6 is 0 Å². The van der Waals surface area contributed by atoms with E-state index < -0.39 is 0 Å². The van der Waals surface area contributed by atoms with Gasteiger partial charge in [0, 0.05) is 16.7 Å². The van der Waals surface area contributed by atoms with E-state index in [1.165, 1.54) is 0 Å². The lowest BCUT2D eigenvalue weighted by Gasteiger charge is -2.08. The minimum absolute atomic E-state index is 0.212. The third-order valence-electron chi connectivity index (χ3n) is 3.82. The molecule has 0 bridgehead atoms. The zero-order valence-electron chi connectivity index (χ0n) is 13.4. The summed E-state index contributed by atoms with van der Waals surface area (Å²) < 4.78 is 0. The monoisotopic (exact) mass is 325 g/mol. The molecule has 0 saturated carbocycles. The Morgan fingerprint density at radius 3 is 1.20 bits per heavy atom. The molecule has 4 rings (SSSR count). The topological polar surface area (TPSA) is 58.9 Å². The largest absolute Gasteiger partial charge is 0.508 e. The highest BCUT2D eigenvalue weighted by Gasteiger charge is 2.11. The van der Waals surface area contributed by atoms with Crippen LogP contribution in [-0.2, 0) is 0 Å². The van der Waals surface area contributed by atoms with Crippen molar-refractivity contribution in [1.82, 2.24) is 15.0 Å². The molecule has 4 aromatic rings. The molecular weight excluding hydrogens is 310 g/mol. The molecule has 25 heavy (non-hydrogen) atoms. The summed E-state index contributed by atoms with van der Waals surface area (Å²) in [4.78, 5) is 13.9. The SMILES string of the molecule is Oc1ccc(-c2nc(-c3ccccc3)nc(-c3ccccc3)n2)cc1. The van der Waals surface area contributed by atoms with Crippen LogP contribution in [0.1, 0.15) is 0 Å². The van der Waals surface area contributed by atoms with E-state index in [1.807, 2.05) is 60.7 Å². The van der Waals surface area contributed by atoms with Crippen molar-refractivity contribution in [3.63, 3.8) is 0 Å². The van der Waals surface area contributed by atoms with Gasteiger partial charge in [0.25, 0.3) is 0 Å². The molecule has 4 nitrogen and oxygen atoms in total. The lowest BCUT2D eigenvalue weighted by atomic mass is 10.1. The first-order valence-electron chi connectivity index (χ1n) is 7.96. The predicted octanol–water partition coefficient (Wildman–Crippen LogP) is 4.58. The Balaban J connectivity index is 1.90. The van der Waals surface area contributed by atoms with Crippen molar-refractivity contribution < 1.29 is 5.11 Å². The van der Waals surface area contributed by atoms with Crippen LogP contribution in [0.25, 0.3) is 34.2 Å². The number of aromatic hydroxyl groups is 1. The Bertz CT molecular complexity index is 927. The Kier molecular flexibility index (Phi) is 3.92. The van der Waals surface area contributed by atoms with Gasteiger partial charge in [-0.1, -0.05) is 60.7 Å². The minimum Gasteiger partial charge on any atom is -0.508 e. The fourth-order valence-electron chi connectivity index (χ4n) is 2.55. The first kappa shape index (κ1) is 15.0. The molecule has 1 N–H and O–H groups in total. The summed E-state index contributed by atoms with van der Waals surface area (Å²) in [5, 5.41) is 9.52. The lowest BCUT2D eigenvalue weighted by molar-refractivity contribution is 0.475. The Labute approximate surface area is 145 Å². The molecular formula is C21H15N3O. The lowest BCUT2D eigenvalue weighted by Crippen LogP contribution is -1.99. The number of nitrogens with zero attached hydrogens (tertiary/aromatic N) is 3. The van der Waals surface area contributed by atoms with Gasteiger partial charge in [-0.05, 0) is 24.3 Å². The third kappa shape index (κ3) is 3.23. The Hall–Kier alpha value is -3.53. The molecule has 0 radical (unpaired) electrons. The molecule has 0 aliphatic rings.